The molecule has 0 aromatic rings. The maximum absolute atomic E-state index is 9.52. The number of rotatable bonds is 2. The second-order valence-corrected chi connectivity index (χ2v) is 1.37. The summed E-state index contributed by atoms with van der Waals surface area (Å²) in [6, 6.07) is 1.17. The van der Waals surface area contributed by atoms with E-state index in [-0.39, 0.29) is 0 Å². The van der Waals surface area contributed by atoms with Crippen LogP contribution in [-0.4, -0.2) is 6.41 Å². The van der Waals surface area contributed by atoms with Gasteiger partial charge in [-0.15, -0.1) is 0 Å². The van der Waals surface area contributed by atoms with Crippen LogP contribution in [0.1, 0.15) is 12.8 Å². The molecular weight excluding hydrogens is 78.0 g/mol. The van der Waals surface area contributed by atoms with Crippen molar-refractivity contribution < 1.29 is 4.79 Å². The van der Waals surface area contributed by atoms with Crippen LogP contribution >= 0.6 is 0 Å². The van der Waals surface area contributed by atoms with E-state index in [0.29, 0.717) is 0 Å². The number of nitrogens with one attached hydrogen (secondary N) is 1. The Morgan fingerprint density at radius 3 is 2.50 bits per heavy atom. The molecule has 6 heavy (non-hydrogen) atoms. The Morgan fingerprint density at radius 1 is 1.67 bits per heavy atom. The highest BCUT2D eigenvalue weighted by molar-refractivity contribution is 5.50. The first-order valence-electron chi connectivity index (χ1n) is 1.98. The van der Waals surface area contributed by atoms with E-state index < -0.39 is 0 Å². The minimum Gasteiger partial charge on any atom is -0.351 e. The minimum atomic E-state index is 0.725. The smallest absolute Gasteiger partial charge is 0.207 e. The van der Waals surface area contributed by atoms with E-state index >= 15 is 0 Å². The Labute approximate surface area is 36.5 Å². The molecular formula is C4H6NO. The van der Waals surface area contributed by atoms with Gasteiger partial charge in [0.2, 0.25) is 6.41 Å². The zero-order valence-electron chi connectivity index (χ0n) is 3.40. The third kappa shape index (κ3) is 0.708. The van der Waals surface area contributed by atoms with Crippen molar-refractivity contribution in [2.75, 3.05) is 0 Å². The van der Waals surface area contributed by atoms with Crippen molar-refractivity contribution in [1.29, 1.82) is 0 Å². The van der Waals surface area contributed by atoms with E-state index in [0.717, 1.165) is 19.3 Å². The van der Waals surface area contributed by atoms with Crippen LogP contribution in [0, 0.1) is 6.04 Å². The van der Waals surface area contributed by atoms with E-state index in [1.165, 1.54) is 6.04 Å². The van der Waals surface area contributed by atoms with Crippen LogP contribution in [0.25, 0.3) is 0 Å². The van der Waals surface area contributed by atoms with E-state index in [1.54, 1.807) is 0 Å². The highest BCUT2D eigenvalue weighted by atomic mass is 16.1. The maximum atomic E-state index is 9.52. The molecule has 0 heterocycles. The van der Waals surface area contributed by atoms with Crippen LogP contribution in [0.15, 0.2) is 0 Å². The lowest BCUT2D eigenvalue weighted by molar-refractivity contribution is -0.109. The van der Waals surface area contributed by atoms with Gasteiger partial charge in [-0.3, -0.25) is 4.79 Å². The van der Waals surface area contributed by atoms with Gasteiger partial charge in [0.25, 0.3) is 0 Å². The van der Waals surface area contributed by atoms with Gasteiger partial charge in [0.15, 0.2) is 0 Å². The number of amides is 1. The standard InChI is InChI=1S/C4H6NO/c6-3-5-4-1-2-4/h3H,1-2H2,(H,5,6). The number of hydrogen-bond donors (Lipinski definition) is 1. The molecule has 1 rings (SSSR count). The van der Waals surface area contributed by atoms with E-state index in [2.05, 4.69) is 5.32 Å². The predicted molar refractivity (Wildman–Crippen MR) is 21.7 cm³/mol. The van der Waals surface area contributed by atoms with Gasteiger partial charge in [-0.1, -0.05) is 0 Å². The Hall–Kier alpha value is -0.530. The molecule has 0 spiro atoms. The first kappa shape index (κ1) is 3.65. The quantitative estimate of drug-likeness (QED) is 0.471. The normalized spacial score (nSPS) is 20.0. The lowest BCUT2D eigenvalue weighted by Crippen LogP contribution is -2.04. The molecule has 2 heteroatoms. The molecule has 33 valence electrons. The molecule has 0 aromatic carbocycles. The lowest BCUT2D eigenvalue weighted by Gasteiger charge is -1.81. The van der Waals surface area contributed by atoms with Crippen molar-refractivity contribution in [3.05, 3.63) is 6.04 Å². The molecule has 1 saturated carbocycles. The molecule has 0 aliphatic heterocycles. The zero-order valence-corrected chi connectivity index (χ0v) is 3.40. The van der Waals surface area contributed by atoms with Gasteiger partial charge in [0, 0.05) is 0 Å². The Bertz CT molecular complexity index is 58.6. The number of hydrogen-bond acceptors (Lipinski definition) is 1. The molecule has 0 bridgehead atoms. The second-order valence-electron chi connectivity index (χ2n) is 1.37. The largest absolute Gasteiger partial charge is 0.351 e. The monoisotopic (exact) mass is 84.0 g/mol. The molecule has 0 atom stereocenters. The summed E-state index contributed by atoms with van der Waals surface area (Å²) in [5, 5.41) is 2.56. The van der Waals surface area contributed by atoms with Gasteiger partial charge in [0.1, 0.15) is 0 Å². The minimum absolute atomic E-state index is 0.725. The summed E-state index contributed by atoms with van der Waals surface area (Å²) in [6.45, 7) is 0. The number of carbonyl (C=O) groups is 1. The van der Waals surface area contributed by atoms with Gasteiger partial charge in [-0.05, 0) is 12.8 Å². The third-order valence-corrected chi connectivity index (χ3v) is 0.763. The molecule has 2 nitrogen and oxygen atoms in total. The summed E-state index contributed by atoms with van der Waals surface area (Å²) in [6.07, 6.45) is 2.92. The van der Waals surface area contributed by atoms with Crippen LogP contribution in [-0.2, 0) is 4.79 Å². The average molecular weight is 84.1 g/mol. The number of carbonyl (C=O) groups excluding carboxylic acids is 1. The van der Waals surface area contributed by atoms with Gasteiger partial charge in [-0.2, -0.15) is 0 Å². The Balaban J connectivity index is 2.00. The molecule has 0 saturated heterocycles. The van der Waals surface area contributed by atoms with Crippen molar-refractivity contribution >= 4 is 6.41 Å². The average Bonchev–Trinajstić information content (AvgIpc) is 2.21. The molecule has 1 aliphatic carbocycles. The van der Waals surface area contributed by atoms with E-state index in [9.17, 15) is 4.79 Å². The van der Waals surface area contributed by atoms with Crippen molar-refractivity contribution in [2.24, 2.45) is 0 Å². The van der Waals surface area contributed by atoms with Crippen molar-refractivity contribution in [3.8, 4) is 0 Å². The van der Waals surface area contributed by atoms with Gasteiger partial charge < -0.3 is 5.32 Å². The Kier molecular flexibility index (Phi) is 0.783. The summed E-state index contributed by atoms with van der Waals surface area (Å²) >= 11 is 0. The molecule has 0 unspecified atom stereocenters. The third-order valence-electron chi connectivity index (χ3n) is 0.763. The van der Waals surface area contributed by atoms with Gasteiger partial charge in [-0.25, -0.2) is 0 Å². The molecule has 1 amide bonds. The van der Waals surface area contributed by atoms with Crippen LogP contribution < -0.4 is 5.32 Å². The SMILES string of the molecule is O=CN[C]1CC1. The van der Waals surface area contributed by atoms with Crippen LogP contribution in [0.2, 0.25) is 0 Å². The molecule has 0 aromatic heterocycles. The van der Waals surface area contributed by atoms with E-state index in [1.807, 2.05) is 0 Å². The maximum Gasteiger partial charge on any atom is 0.207 e. The van der Waals surface area contributed by atoms with Crippen LogP contribution in [0.4, 0.5) is 0 Å². The fourth-order valence-electron chi connectivity index (χ4n) is 0.290. The van der Waals surface area contributed by atoms with E-state index in [4.69, 9.17) is 0 Å². The predicted octanol–water partition coefficient (Wildman–Crippen LogP) is 0.0582. The molecule has 1 aliphatic rings. The first-order chi connectivity index (χ1) is 2.93. The first-order valence-corrected chi connectivity index (χ1v) is 1.98. The Morgan fingerprint density at radius 2 is 2.33 bits per heavy atom. The topological polar surface area (TPSA) is 29.1 Å². The zero-order chi connectivity index (χ0) is 4.41. The second kappa shape index (κ2) is 1.29. The van der Waals surface area contributed by atoms with Crippen LogP contribution in [0.3, 0.4) is 0 Å². The summed E-state index contributed by atoms with van der Waals surface area (Å²) in [5.74, 6) is 0. The summed E-state index contributed by atoms with van der Waals surface area (Å²) < 4.78 is 0. The fraction of sp³-hybridized carbons (Fsp3) is 0.500. The lowest BCUT2D eigenvalue weighted by atomic mass is 10.7. The fourth-order valence-corrected chi connectivity index (χ4v) is 0.290. The summed E-state index contributed by atoms with van der Waals surface area (Å²) in [7, 11) is 0. The van der Waals surface area contributed by atoms with Crippen molar-refractivity contribution in [1.82, 2.24) is 5.32 Å². The highest BCUT2D eigenvalue weighted by Gasteiger charge is 2.20. The molecule has 1 radical (unpaired) electrons. The van der Waals surface area contributed by atoms with Crippen LogP contribution in [0.5, 0.6) is 0 Å². The summed E-state index contributed by atoms with van der Waals surface area (Å²) in [5.41, 5.74) is 0. The summed E-state index contributed by atoms with van der Waals surface area (Å²) in [4.78, 5) is 9.52. The molecule has 1 fully saturated rings. The van der Waals surface area contributed by atoms with Gasteiger partial charge in [0.05, 0.1) is 6.04 Å². The van der Waals surface area contributed by atoms with Crippen molar-refractivity contribution in [3.63, 3.8) is 0 Å². The molecule has 1 N–H and O–H groups in total. The highest BCUT2D eigenvalue weighted by Crippen LogP contribution is 2.26. The van der Waals surface area contributed by atoms with Crippen molar-refractivity contribution in [2.45, 2.75) is 12.8 Å². The van der Waals surface area contributed by atoms with Gasteiger partial charge >= 0.3 is 0 Å².